The fourth-order valence-electron chi connectivity index (χ4n) is 1.52. The lowest BCUT2D eigenvalue weighted by molar-refractivity contribution is 1.07. The van der Waals surface area contributed by atoms with Crippen molar-refractivity contribution in [1.29, 1.82) is 0 Å². The van der Waals surface area contributed by atoms with E-state index in [9.17, 15) is 4.79 Å². The molecule has 0 atom stereocenters. The van der Waals surface area contributed by atoms with Crippen LogP contribution in [-0.2, 0) is 0 Å². The lowest BCUT2D eigenvalue weighted by Crippen LogP contribution is -2.06. The number of aromatic amines is 2. The summed E-state index contributed by atoms with van der Waals surface area (Å²) >= 11 is 0. The molecule has 0 amide bonds. The zero-order valence-corrected chi connectivity index (χ0v) is 9.14. The molecule has 0 aliphatic rings. The van der Waals surface area contributed by atoms with Crippen molar-refractivity contribution in [1.82, 2.24) is 25.1 Å². The number of aromatic nitrogens is 5. The molecule has 86 valence electrons. The molecule has 3 aromatic heterocycles. The van der Waals surface area contributed by atoms with Crippen LogP contribution in [-0.4, -0.2) is 25.1 Å². The number of rotatable bonds is 0. The van der Waals surface area contributed by atoms with Gasteiger partial charge in [-0.25, -0.2) is 9.97 Å². The number of fused-ring (bicyclic) bond motifs is 1. The van der Waals surface area contributed by atoms with Crippen molar-refractivity contribution in [3.05, 3.63) is 52.5 Å². The summed E-state index contributed by atoms with van der Waals surface area (Å²) in [5.74, 6) is 5.69. The van der Waals surface area contributed by atoms with Gasteiger partial charge in [0, 0.05) is 6.20 Å². The highest BCUT2D eigenvalue weighted by Gasteiger charge is 2.07. The number of hydrogen-bond acceptors (Lipinski definition) is 4. The topological polar surface area (TPSA) is 87.3 Å². The molecule has 0 fully saturated rings. The fraction of sp³-hybridized carbons (Fsp3) is 0. The summed E-state index contributed by atoms with van der Waals surface area (Å²) in [6, 6.07) is 5.44. The molecule has 0 unspecified atom stereocenters. The molecule has 18 heavy (non-hydrogen) atoms. The van der Waals surface area contributed by atoms with Crippen LogP contribution in [0.1, 0.15) is 11.4 Å². The number of H-pyrrole nitrogens is 2. The van der Waals surface area contributed by atoms with E-state index >= 15 is 0 Å². The Morgan fingerprint density at radius 3 is 2.94 bits per heavy atom. The van der Waals surface area contributed by atoms with E-state index < -0.39 is 0 Å². The van der Waals surface area contributed by atoms with E-state index in [1.807, 2.05) is 12.1 Å². The van der Waals surface area contributed by atoms with Gasteiger partial charge in [0.05, 0.1) is 6.33 Å². The Kier molecular flexibility index (Phi) is 2.35. The largest absolute Gasteiger partial charge is 0.312 e. The Labute approximate surface area is 101 Å². The SMILES string of the molecule is O=c1[nH]cnc2n[nH]c(C#Cc3ccccn3)c12. The summed E-state index contributed by atoms with van der Waals surface area (Å²) < 4.78 is 0. The van der Waals surface area contributed by atoms with Gasteiger partial charge in [-0.3, -0.25) is 9.89 Å². The molecule has 3 heterocycles. The molecule has 0 saturated heterocycles. The van der Waals surface area contributed by atoms with Gasteiger partial charge in [-0.2, -0.15) is 5.10 Å². The van der Waals surface area contributed by atoms with Crippen molar-refractivity contribution in [3.63, 3.8) is 0 Å². The summed E-state index contributed by atoms with van der Waals surface area (Å²) in [7, 11) is 0. The number of nitrogens with one attached hydrogen (secondary N) is 2. The maximum atomic E-state index is 11.6. The van der Waals surface area contributed by atoms with Crippen LogP contribution in [0.5, 0.6) is 0 Å². The first-order valence-electron chi connectivity index (χ1n) is 5.19. The predicted octanol–water partition coefficient (Wildman–Crippen LogP) is 0.441. The summed E-state index contributed by atoms with van der Waals surface area (Å²) in [5.41, 5.74) is 1.15. The highest BCUT2D eigenvalue weighted by Crippen LogP contribution is 2.05. The van der Waals surface area contributed by atoms with Crippen LogP contribution in [0, 0.1) is 11.8 Å². The van der Waals surface area contributed by atoms with Crippen LogP contribution in [0.4, 0.5) is 0 Å². The summed E-state index contributed by atoms with van der Waals surface area (Å²) in [6.45, 7) is 0. The maximum Gasteiger partial charge on any atom is 0.263 e. The van der Waals surface area contributed by atoms with Gasteiger partial charge in [-0.05, 0) is 24.0 Å². The number of pyridine rings is 1. The molecule has 3 aromatic rings. The predicted molar refractivity (Wildman–Crippen MR) is 64.7 cm³/mol. The molecular weight excluding hydrogens is 230 g/mol. The normalized spacial score (nSPS) is 10.0. The molecule has 0 aromatic carbocycles. The third-order valence-electron chi connectivity index (χ3n) is 2.34. The van der Waals surface area contributed by atoms with E-state index in [0.29, 0.717) is 22.4 Å². The average molecular weight is 237 g/mol. The molecule has 0 bridgehead atoms. The summed E-state index contributed by atoms with van der Waals surface area (Å²) in [4.78, 5) is 22.1. The van der Waals surface area contributed by atoms with E-state index in [2.05, 4.69) is 37.0 Å². The molecular formula is C12H7N5O. The third kappa shape index (κ3) is 1.74. The summed E-state index contributed by atoms with van der Waals surface area (Å²) in [5, 5.41) is 6.97. The maximum absolute atomic E-state index is 11.6. The van der Waals surface area contributed by atoms with Gasteiger partial charge in [0.25, 0.3) is 5.56 Å². The molecule has 3 rings (SSSR count). The average Bonchev–Trinajstić information content (AvgIpc) is 2.82. The standard InChI is InChI=1S/C12H7N5O/c18-12-10-9(16-17-11(10)14-7-15-12)5-4-8-3-1-2-6-13-8/h1-3,6-7H,(H2,14,15,16,17,18). The van der Waals surface area contributed by atoms with Gasteiger partial charge in [0.2, 0.25) is 0 Å². The first-order valence-corrected chi connectivity index (χ1v) is 5.19. The zero-order valence-electron chi connectivity index (χ0n) is 9.14. The smallest absolute Gasteiger partial charge is 0.263 e. The van der Waals surface area contributed by atoms with Crippen LogP contribution >= 0.6 is 0 Å². The Hall–Kier alpha value is -2.94. The molecule has 6 nitrogen and oxygen atoms in total. The minimum atomic E-state index is -0.265. The summed E-state index contributed by atoms with van der Waals surface area (Å²) in [6.07, 6.45) is 2.96. The Balaban J connectivity index is 2.12. The van der Waals surface area contributed by atoms with Crippen LogP contribution in [0.3, 0.4) is 0 Å². The molecule has 6 heteroatoms. The third-order valence-corrected chi connectivity index (χ3v) is 2.34. The fourth-order valence-corrected chi connectivity index (χ4v) is 1.52. The minimum Gasteiger partial charge on any atom is -0.312 e. The Bertz CT molecular complexity index is 807. The van der Waals surface area contributed by atoms with Gasteiger partial charge < -0.3 is 4.98 Å². The van der Waals surface area contributed by atoms with E-state index in [-0.39, 0.29) is 5.56 Å². The lowest BCUT2D eigenvalue weighted by Gasteiger charge is -1.87. The van der Waals surface area contributed by atoms with E-state index in [0.717, 1.165) is 0 Å². The van der Waals surface area contributed by atoms with Crippen molar-refractivity contribution >= 4 is 11.0 Å². The van der Waals surface area contributed by atoms with Crippen LogP contribution < -0.4 is 5.56 Å². The highest BCUT2D eigenvalue weighted by molar-refractivity contribution is 5.79. The van der Waals surface area contributed by atoms with E-state index in [1.165, 1.54) is 6.33 Å². The quantitative estimate of drug-likeness (QED) is 0.555. The van der Waals surface area contributed by atoms with Gasteiger partial charge in [-0.1, -0.05) is 6.07 Å². The molecule has 0 aliphatic heterocycles. The molecule has 2 N–H and O–H groups in total. The lowest BCUT2D eigenvalue weighted by atomic mass is 10.3. The number of nitrogens with zero attached hydrogens (tertiary/aromatic N) is 3. The van der Waals surface area contributed by atoms with Gasteiger partial charge >= 0.3 is 0 Å². The molecule has 0 radical (unpaired) electrons. The van der Waals surface area contributed by atoms with Crippen LogP contribution in [0.15, 0.2) is 35.5 Å². The zero-order chi connectivity index (χ0) is 12.4. The Morgan fingerprint density at radius 1 is 1.17 bits per heavy atom. The van der Waals surface area contributed by atoms with Gasteiger partial charge in [0.15, 0.2) is 5.65 Å². The van der Waals surface area contributed by atoms with E-state index in [4.69, 9.17) is 0 Å². The van der Waals surface area contributed by atoms with Crippen LogP contribution in [0.2, 0.25) is 0 Å². The van der Waals surface area contributed by atoms with Gasteiger partial charge in [0.1, 0.15) is 16.8 Å². The van der Waals surface area contributed by atoms with Crippen molar-refractivity contribution in [2.24, 2.45) is 0 Å². The van der Waals surface area contributed by atoms with Gasteiger partial charge in [-0.15, -0.1) is 0 Å². The second kappa shape index (κ2) is 4.14. The van der Waals surface area contributed by atoms with Crippen LogP contribution in [0.25, 0.3) is 11.0 Å². The molecule has 0 aliphatic carbocycles. The van der Waals surface area contributed by atoms with E-state index in [1.54, 1.807) is 12.3 Å². The molecule has 0 saturated carbocycles. The molecule has 0 spiro atoms. The van der Waals surface area contributed by atoms with Crippen molar-refractivity contribution in [2.45, 2.75) is 0 Å². The van der Waals surface area contributed by atoms with Crippen molar-refractivity contribution in [2.75, 3.05) is 0 Å². The number of hydrogen-bond donors (Lipinski definition) is 2. The first-order chi connectivity index (χ1) is 8.84. The highest BCUT2D eigenvalue weighted by atomic mass is 16.1. The first kappa shape index (κ1) is 10.2. The second-order valence-corrected chi connectivity index (χ2v) is 3.49. The monoisotopic (exact) mass is 237 g/mol. The minimum absolute atomic E-state index is 0.265. The van der Waals surface area contributed by atoms with Crippen molar-refractivity contribution in [3.8, 4) is 11.8 Å². The second-order valence-electron chi connectivity index (χ2n) is 3.49. The van der Waals surface area contributed by atoms with Crippen molar-refractivity contribution < 1.29 is 0 Å². The Morgan fingerprint density at radius 2 is 2.11 bits per heavy atom.